The number of rotatable bonds is 7. The van der Waals surface area contributed by atoms with Gasteiger partial charge in [-0.1, -0.05) is 5.01 Å². The van der Waals surface area contributed by atoms with Gasteiger partial charge in [0.25, 0.3) is 5.69 Å². The van der Waals surface area contributed by atoms with Gasteiger partial charge in [0.2, 0.25) is 6.67 Å². The molecule has 14 nitrogen and oxygen atoms in total. The number of nitrogens with zero attached hydrogens (tertiary/aromatic N) is 6. The molecule has 124 valence electrons. The summed E-state index contributed by atoms with van der Waals surface area (Å²) in [5, 5.41) is 42.0. The molecule has 23 heavy (non-hydrogen) atoms. The van der Waals surface area contributed by atoms with Crippen molar-refractivity contribution in [2.45, 2.75) is 6.92 Å². The van der Waals surface area contributed by atoms with Crippen LogP contribution >= 0.6 is 0 Å². The SMILES string of the molecule is Cc1cc(N(CN(C)[N+](=O)[O-])[N+](=O)[O-])c([N+](=O)[O-])cc1[N+](=O)[O-]. The van der Waals surface area contributed by atoms with Crippen molar-refractivity contribution >= 4 is 17.1 Å². The average Bonchev–Trinajstić information content (AvgIpc) is 2.42. The van der Waals surface area contributed by atoms with E-state index in [1.807, 2.05) is 0 Å². The number of hydrogen-bond acceptors (Lipinski definition) is 8. The zero-order valence-electron chi connectivity index (χ0n) is 11.8. The molecule has 0 aliphatic rings. The summed E-state index contributed by atoms with van der Waals surface area (Å²) < 4.78 is 0. The third kappa shape index (κ3) is 3.74. The van der Waals surface area contributed by atoms with Crippen molar-refractivity contribution in [3.05, 3.63) is 58.2 Å². The van der Waals surface area contributed by atoms with Crippen LogP contribution < -0.4 is 5.01 Å². The molecule has 1 aromatic rings. The van der Waals surface area contributed by atoms with Crippen LogP contribution in [-0.2, 0) is 0 Å². The molecule has 0 amide bonds. The van der Waals surface area contributed by atoms with Gasteiger partial charge in [-0.3, -0.25) is 20.2 Å². The molecule has 0 unspecified atom stereocenters. The van der Waals surface area contributed by atoms with Gasteiger partial charge in [0, 0.05) is 5.56 Å². The number of hydrogen-bond donors (Lipinski definition) is 0. The molecule has 0 aliphatic carbocycles. The Balaban J connectivity index is 3.49. The third-order valence-electron chi connectivity index (χ3n) is 2.78. The minimum atomic E-state index is -1.08. The molecule has 0 aliphatic heterocycles. The first kappa shape index (κ1) is 17.5. The molecule has 0 saturated heterocycles. The molecule has 0 N–H and O–H groups in total. The Morgan fingerprint density at radius 1 is 0.913 bits per heavy atom. The van der Waals surface area contributed by atoms with E-state index >= 15 is 0 Å². The summed E-state index contributed by atoms with van der Waals surface area (Å²) in [4.78, 5) is 41.6. The monoisotopic (exact) mass is 330 g/mol. The zero-order chi connectivity index (χ0) is 17.9. The highest BCUT2D eigenvalue weighted by Gasteiger charge is 2.33. The van der Waals surface area contributed by atoms with Crippen LogP contribution in [0.4, 0.5) is 17.1 Å². The Morgan fingerprint density at radius 2 is 1.43 bits per heavy atom. The number of nitro benzene ring substituents is 2. The summed E-state index contributed by atoms with van der Waals surface area (Å²) in [6, 6.07) is 1.44. The molecule has 0 heterocycles. The lowest BCUT2D eigenvalue weighted by atomic mass is 10.1. The molecule has 0 radical (unpaired) electrons. The van der Waals surface area contributed by atoms with Gasteiger partial charge in [0.05, 0.1) is 23.0 Å². The maximum Gasteiger partial charge on any atom is 0.305 e. The van der Waals surface area contributed by atoms with E-state index in [0.29, 0.717) is 11.1 Å². The third-order valence-corrected chi connectivity index (χ3v) is 2.78. The molecule has 0 spiro atoms. The van der Waals surface area contributed by atoms with Crippen LogP contribution in [0.25, 0.3) is 0 Å². The van der Waals surface area contributed by atoms with Crippen molar-refractivity contribution in [1.29, 1.82) is 0 Å². The first-order valence-corrected chi connectivity index (χ1v) is 5.77. The predicted octanol–water partition coefficient (Wildman–Crippen LogP) is 0.891. The van der Waals surface area contributed by atoms with Crippen LogP contribution in [0.1, 0.15) is 5.56 Å². The van der Waals surface area contributed by atoms with Gasteiger partial charge in [0.15, 0.2) is 15.8 Å². The van der Waals surface area contributed by atoms with Gasteiger partial charge in [0.1, 0.15) is 0 Å². The minimum Gasteiger partial charge on any atom is -0.258 e. The number of nitro groups is 4. The normalized spacial score (nSPS) is 10.0. The van der Waals surface area contributed by atoms with E-state index in [1.165, 1.54) is 6.92 Å². The molecule has 1 rings (SSSR count). The number of aryl methyl sites for hydroxylation is 1. The Kier molecular flexibility index (Phi) is 4.91. The standard InChI is InChI=1S/C9H10N6O8/c1-6-3-8(9(13(18)19)4-7(6)12(16)17)11(15(22)23)5-10(2)14(20)21/h3-4H,5H2,1-2H3. The van der Waals surface area contributed by atoms with E-state index in [1.54, 1.807) is 0 Å². The smallest absolute Gasteiger partial charge is 0.258 e. The van der Waals surface area contributed by atoms with Crippen molar-refractivity contribution in [2.75, 3.05) is 18.7 Å². The van der Waals surface area contributed by atoms with Gasteiger partial charge in [-0.15, -0.1) is 5.01 Å². The maximum absolute atomic E-state index is 11.1. The van der Waals surface area contributed by atoms with Crippen LogP contribution in [0.2, 0.25) is 0 Å². The highest BCUT2D eigenvalue weighted by molar-refractivity contribution is 5.68. The highest BCUT2D eigenvalue weighted by atomic mass is 16.7. The van der Waals surface area contributed by atoms with E-state index in [0.717, 1.165) is 13.1 Å². The van der Waals surface area contributed by atoms with Gasteiger partial charge >= 0.3 is 5.69 Å². The summed E-state index contributed by atoms with van der Waals surface area (Å²) in [7, 11) is 0.931. The molecule has 0 fully saturated rings. The topological polar surface area (TPSA) is 179 Å². The second-order valence-corrected chi connectivity index (χ2v) is 4.32. The fourth-order valence-corrected chi connectivity index (χ4v) is 1.68. The second-order valence-electron chi connectivity index (χ2n) is 4.32. The Hall–Kier alpha value is -3.58. The Labute approximate surface area is 127 Å². The molecule has 0 bridgehead atoms. The van der Waals surface area contributed by atoms with E-state index in [9.17, 15) is 40.5 Å². The molecule has 14 heteroatoms. The molecule has 0 atom stereocenters. The number of anilines is 1. The Morgan fingerprint density at radius 3 is 1.83 bits per heavy atom. The van der Waals surface area contributed by atoms with Crippen LogP contribution in [0.15, 0.2) is 12.1 Å². The van der Waals surface area contributed by atoms with Crippen LogP contribution in [0.5, 0.6) is 0 Å². The fourth-order valence-electron chi connectivity index (χ4n) is 1.68. The zero-order valence-corrected chi connectivity index (χ0v) is 11.8. The van der Waals surface area contributed by atoms with E-state index < -0.39 is 43.6 Å². The second kappa shape index (κ2) is 6.46. The van der Waals surface area contributed by atoms with E-state index in [2.05, 4.69) is 0 Å². The van der Waals surface area contributed by atoms with E-state index in [4.69, 9.17) is 0 Å². The van der Waals surface area contributed by atoms with Gasteiger partial charge < -0.3 is 0 Å². The first-order valence-electron chi connectivity index (χ1n) is 5.77. The summed E-state index contributed by atoms with van der Waals surface area (Å²) in [6.45, 7) is 0.332. The quantitative estimate of drug-likeness (QED) is 0.395. The predicted molar refractivity (Wildman–Crippen MR) is 73.6 cm³/mol. The lowest BCUT2D eigenvalue weighted by Crippen LogP contribution is -2.42. The molecule has 0 aromatic heterocycles. The minimum absolute atomic E-state index is 0.0637. The summed E-state index contributed by atoms with van der Waals surface area (Å²) in [5.41, 5.74) is -2.16. The van der Waals surface area contributed by atoms with Gasteiger partial charge in [-0.25, -0.2) is 20.2 Å². The van der Waals surface area contributed by atoms with Crippen LogP contribution in [-0.4, -0.2) is 38.6 Å². The summed E-state index contributed by atoms with van der Waals surface area (Å²) in [6.07, 6.45) is 0. The summed E-state index contributed by atoms with van der Waals surface area (Å²) in [5.74, 6) is 0. The van der Waals surface area contributed by atoms with Crippen molar-refractivity contribution in [2.24, 2.45) is 0 Å². The van der Waals surface area contributed by atoms with Crippen molar-refractivity contribution in [3.63, 3.8) is 0 Å². The molecular weight excluding hydrogens is 320 g/mol. The lowest BCUT2D eigenvalue weighted by molar-refractivity contribution is -0.657. The number of benzene rings is 1. The highest BCUT2D eigenvalue weighted by Crippen LogP contribution is 2.34. The van der Waals surface area contributed by atoms with Crippen molar-refractivity contribution in [1.82, 2.24) is 5.01 Å². The fraction of sp³-hybridized carbons (Fsp3) is 0.333. The number of hydrazine groups is 2. The largest absolute Gasteiger partial charge is 0.305 e. The Bertz CT molecular complexity index is 691. The van der Waals surface area contributed by atoms with Gasteiger partial charge in [-0.2, -0.15) is 0 Å². The van der Waals surface area contributed by atoms with Crippen molar-refractivity contribution < 1.29 is 19.9 Å². The first-order chi connectivity index (χ1) is 10.6. The molecule has 0 saturated carbocycles. The average molecular weight is 330 g/mol. The summed E-state index contributed by atoms with van der Waals surface area (Å²) >= 11 is 0. The van der Waals surface area contributed by atoms with Crippen LogP contribution in [0, 0.1) is 47.4 Å². The van der Waals surface area contributed by atoms with Crippen LogP contribution in [0.3, 0.4) is 0 Å². The molecular formula is C9H10N6O8. The molecule has 1 aromatic carbocycles. The van der Waals surface area contributed by atoms with Gasteiger partial charge in [-0.05, 0) is 13.0 Å². The maximum atomic E-state index is 11.1. The van der Waals surface area contributed by atoms with E-state index in [-0.39, 0.29) is 10.6 Å². The van der Waals surface area contributed by atoms with Crippen molar-refractivity contribution in [3.8, 4) is 0 Å². The lowest BCUT2D eigenvalue weighted by Gasteiger charge is -2.16.